The second-order valence-corrected chi connectivity index (χ2v) is 32.7. The number of unbranched alkanes of at least 4 members (excludes halogenated alkanes) is 5. The van der Waals surface area contributed by atoms with Crippen LogP contribution in [-0.4, -0.2) is 306 Å². The van der Waals surface area contributed by atoms with Crippen molar-refractivity contribution in [3.05, 3.63) is 0 Å². The molecule has 0 unspecified atom stereocenters. The number of aliphatic carboxylic acids is 3. The van der Waals surface area contributed by atoms with Gasteiger partial charge in [0.15, 0.2) is 23.8 Å². The van der Waals surface area contributed by atoms with Crippen molar-refractivity contribution in [2.24, 2.45) is 94.9 Å². The van der Waals surface area contributed by atoms with E-state index < -0.39 is 248 Å². The molecule has 0 aromatic heterocycles. The summed E-state index contributed by atoms with van der Waals surface area (Å²) in [5, 5.41) is 88.0. The minimum atomic E-state index is -1.98. The number of hydrogen-bond donors (Lipinski definition) is 31. The average molecular weight is 1930 g/mol. The number of nitrogens with two attached hydrogens (primary N) is 11. The molecule has 0 fully saturated rings. The summed E-state index contributed by atoms with van der Waals surface area (Å²) in [7, 11) is 0. The summed E-state index contributed by atoms with van der Waals surface area (Å²) in [6.07, 6.45) is 0.557. The topological polar surface area (TPSA) is 925 Å². The average Bonchev–Trinajstić information content (AvgIpc) is 0.848. The number of rotatable bonds is 74. The predicted molar refractivity (Wildman–Crippen MR) is 497 cm³/mol. The van der Waals surface area contributed by atoms with Crippen LogP contribution in [0.15, 0.2) is 20.0 Å². The van der Waals surface area contributed by atoms with Crippen LogP contribution in [0.5, 0.6) is 0 Å². The number of aliphatic hydroxyl groups excluding tert-OH is 2. The lowest BCUT2D eigenvalue weighted by atomic mass is 9.97. The molecule has 42 N–H and O–H groups in total. The van der Waals surface area contributed by atoms with Gasteiger partial charge in [-0.25, -0.2) is 4.79 Å². The van der Waals surface area contributed by atoms with Crippen molar-refractivity contribution in [2.45, 2.75) is 312 Å². The van der Waals surface area contributed by atoms with E-state index >= 15 is 0 Å². The van der Waals surface area contributed by atoms with Gasteiger partial charge in [-0.3, -0.25) is 101 Å². The van der Waals surface area contributed by atoms with Gasteiger partial charge in [0, 0.05) is 32.6 Å². The molecule has 0 rings (SSSR count). The first-order chi connectivity index (χ1) is 63.8. The van der Waals surface area contributed by atoms with Crippen LogP contribution in [0.3, 0.4) is 0 Å². The van der Waals surface area contributed by atoms with E-state index in [0.717, 1.165) is 0 Å². The van der Waals surface area contributed by atoms with Crippen molar-refractivity contribution < 1.29 is 112 Å². The van der Waals surface area contributed by atoms with Gasteiger partial charge in [0.1, 0.15) is 90.6 Å². The number of carboxylic acids is 3. The van der Waals surface area contributed by atoms with Gasteiger partial charge in [-0.2, -0.15) is 0 Å². The molecular weight excluding hydrogens is 1770 g/mol. The highest BCUT2D eigenvalue weighted by molar-refractivity contribution is 6.01. The van der Waals surface area contributed by atoms with Gasteiger partial charge >= 0.3 is 17.9 Å². The SMILES string of the molecule is CCCC[C@H](NC(=O)[C@H](CCCN=C(N)N)NC(=O)[C@H](CCCN=C(N)N)NC(=O)CN)C(=O)N[C@@H](CCCN=C(N)N)C(=O)N[C@@H](CCCN=C(N)N)C(=O)N[C@H](C(=O)N[C@@H](CO)C(=O)N[C@@H](CO)C(=O)N[C@H](C(=O)N[C@@H](CCC(=O)O)C(=O)N[C@@H](CCCC)C(=O)N[C@@H](CCCC)C(=O)N[C@@H](CC(=O)O)C(=O)N[C@@H](CCCCN)C(=O)N[C@@H](CCCCN)C(=O)O)C(C)C)[C@@H](C)CC. The molecule has 0 radical (unpaired) electrons. The fraction of sp³-hybridized carbons (Fsp3) is 0.732. The summed E-state index contributed by atoms with van der Waals surface area (Å²) in [6.45, 7) is 8.72. The highest BCUT2D eigenvalue weighted by atomic mass is 16.4. The lowest BCUT2D eigenvalue weighted by Crippen LogP contribution is -2.62. The zero-order valence-corrected chi connectivity index (χ0v) is 78.5. The van der Waals surface area contributed by atoms with Crippen LogP contribution in [0.25, 0.3) is 0 Å². The van der Waals surface area contributed by atoms with Crippen LogP contribution in [0.2, 0.25) is 0 Å². The third-order valence-corrected chi connectivity index (χ3v) is 21.1. The standard InChI is InChI=1S/C82H152N30O23/c1-8-12-23-47(99-67(123)51(29-20-37-95-80(88)89)102-64(120)46(98-59(115)41-85)28-19-36-94-79(86)87)66(122)103-52(30-21-38-96-81(90)91)68(124)104-53(31-22-39-97-82(92)93)72(128)112-63(45(7)11-4)77(133)110-57(42-113)74(130)109-58(43-114)75(131)111-62(44(5)6)76(132)106-54(32-33-60(116)117)71(127)101-48(24-13-9-2)65(121)100-49(25-14-10-3)70(126)108-56(40-61(118)119)73(129)105-50(26-15-17-34-83)69(125)107-55(78(134)135)27-16-18-35-84/h44-58,62-63,113-114H,8-43,83-85H2,1-7H3,(H,98,115)(H,99,123)(H,100,121)(H,101,127)(H,102,120)(H,103,122)(H,104,124)(H,105,129)(H,106,132)(H,107,125)(H,108,126)(H,109,130)(H,110,133)(H,111,131)(H,112,128)(H,116,117)(H,118,119)(H,134,135)(H4,86,87,94)(H4,88,89,95)(H4,90,91,96)(H4,92,93,97)/t45-,46-,47-,48-,49-,50-,51-,52-,53-,54-,55-,56-,57-,58-,62-,63-/m0/s1. The zero-order valence-electron chi connectivity index (χ0n) is 78.5. The summed E-state index contributed by atoms with van der Waals surface area (Å²) in [5.74, 6) is -22.7. The molecule has 0 heterocycles. The van der Waals surface area contributed by atoms with E-state index in [9.17, 15) is 112 Å². The molecule has 0 aliphatic heterocycles. The fourth-order valence-electron chi connectivity index (χ4n) is 13.2. The van der Waals surface area contributed by atoms with Crippen molar-refractivity contribution in [1.29, 1.82) is 0 Å². The molecule has 0 aromatic rings. The third kappa shape index (κ3) is 52.0. The molecule has 16 atom stereocenters. The Balaban J connectivity index is 7.33. The summed E-state index contributed by atoms with van der Waals surface area (Å²) in [5.41, 5.74) is 61.2. The Labute approximate surface area is 785 Å². The van der Waals surface area contributed by atoms with Gasteiger partial charge < -0.3 is 168 Å². The minimum Gasteiger partial charge on any atom is -0.481 e. The molecule has 0 saturated carbocycles. The van der Waals surface area contributed by atoms with E-state index in [4.69, 9.17) is 63.1 Å². The number of amides is 15. The minimum absolute atomic E-state index is 0.00420. The molecule has 768 valence electrons. The Morgan fingerprint density at radius 2 is 0.519 bits per heavy atom. The van der Waals surface area contributed by atoms with E-state index in [1.807, 2.05) is 0 Å². The van der Waals surface area contributed by atoms with Gasteiger partial charge in [0.2, 0.25) is 88.6 Å². The molecule has 0 bridgehead atoms. The number of carbonyl (C=O) groups is 18. The molecule has 15 amide bonds. The van der Waals surface area contributed by atoms with Gasteiger partial charge in [0.05, 0.1) is 26.2 Å². The van der Waals surface area contributed by atoms with Crippen LogP contribution in [-0.2, 0) is 86.3 Å². The molecule has 53 nitrogen and oxygen atoms in total. The largest absolute Gasteiger partial charge is 0.481 e. The van der Waals surface area contributed by atoms with E-state index in [2.05, 4.69) is 99.7 Å². The lowest BCUT2D eigenvalue weighted by Gasteiger charge is -2.30. The second-order valence-electron chi connectivity index (χ2n) is 32.7. The molecule has 0 aliphatic rings. The van der Waals surface area contributed by atoms with Crippen molar-refractivity contribution in [1.82, 2.24) is 79.8 Å². The normalized spacial score (nSPS) is 14.6. The molecular formula is C82H152N30O23. The number of hydrogen-bond acceptors (Lipinski definition) is 27. The molecule has 0 spiro atoms. The number of carbonyl (C=O) groups excluding carboxylic acids is 15. The maximum atomic E-state index is 14.8. The van der Waals surface area contributed by atoms with Crippen molar-refractivity contribution in [3.8, 4) is 0 Å². The summed E-state index contributed by atoms with van der Waals surface area (Å²) < 4.78 is 0. The Morgan fingerprint density at radius 1 is 0.274 bits per heavy atom. The maximum absolute atomic E-state index is 14.8. The Morgan fingerprint density at radius 3 is 0.807 bits per heavy atom. The van der Waals surface area contributed by atoms with Gasteiger partial charge in [-0.1, -0.05) is 93.4 Å². The number of aliphatic imine (C=N–C) groups is 4. The molecule has 0 saturated heterocycles. The van der Waals surface area contributed by atoms with Crippen molar-refractivity contribution >= 4 is 130 Å². The summed E-state index contributed by atoms with van der Waals surface area (Å²) in [6, 6.07) is -24.0. The number of nitrogens with one attached hydrogen (secondary N) is 15. The van der Waals surface area contributed by atoms with E-state index in [1.165, 1.54) is 20.8 Å². The number of nitrogens with zero attached hydrogens (tertiary/aromatic N) is 4. The zero-order chi connectivity index (χ0) is 102. The van der Waals surface area contributed by atoms with Crippen LogP contribution >= 0.6 is 0 Å². The monoisotopic (exact) mass is 1930 g/mol. The highest BCUT2D eigenvalue weighted by Crippen LogP contribution is 2.17. The first-order valence-corrected chi connectivity index (χ1v) is 45.6. The lowest BCUT2D eigenvalue weighted by molar-refractivity contribution is -0.143. The molecule has 0 aromatic carbocycles. The quantitative estimate of drug-likeness (QED) is 0.0153. The number of guanidine groups is 4. The summed E-state index contributed by atoms with van der Waals surface area (Å²) >= 11 is 0. The molecule has 0 aliphatic carbocycles. The number of carboxylic acid groups (broad SMARTS) is 3. The van der Waals surface area contributed by atoms with Crippen molar-refractivity contribution in [3.63, 3.8) is 0 Å². The van der Waals surface area contributed by atoms with Gasteiger partial charge in [0.25, 0.3) is 0 Å². The highest BCUT2D eigenvalue weighted by Gasteiger charge is 2.40. The van der Waals surface area contributed by atoms with E-state index in [-0.39, 0.29) is 172 Å². The molecule has 135 heavy (non-hydrogen) atoms. The fourth-order valence-corrected chi connectivity index (χ4v) is 13.2. The van der Waals surface area contributed by atoms with Crippen LogP contribution < -0.4 is 143 Å². The Kier molecular flexibility index (Phi) is 62.7. The summed E-state index contributed by atoms with van der Waals surface area (Å²) in [4.78, 5) is 265. The van der Waals surface area contributed by atoms with E-state index in [1.54, 1.807) is 27.7 Å². The second kappa shape index (κ2) is 69.2. The van der Waals surface area contributed by atoms with Crippen LogP contribution in [0, 0.1) is 11.8 Å². The Hall–Kier alpha value is -12.7. The van der Waals surface area contributed by atoms with E-state index in [0.29, 0.717) is 44.9 Å². The third-order valence-electron chi connectivity index (χ3n) is 21.1. The predicted octanol–water partition coefficient (Wildman–Crippen LogP) is -9.63. The van der Waals surface area contributed by atoms with Crippen LogP contribution in [0.4, 0.5) is 0 Å². The molecule has 53 heteroatoms. The Bertz CT molecular complexity index is 3900. The number of aliphatic hydroxyl groups is 2. The first-order valence-electron chi connectivity index (χ1n) is 45.6. The van der Waals surface area contributed by atoms with Crippen LogP contribution in [0.1, 0.15) is 222 Å². The van der Waals surface area contributed by atoms with Crippen molar-refractivity contribution in [2.75, 3.05) is 59.0 Å². The van der Waals surface area contributed by atoms with Gasteiger partial charge in [-0.05, 0) is 141 Å². The first kappa shape index (κ1) is 122. The van der Waals surface area contributed by atoms with Gasteiger partial charge in [-0.15, -0.1) is 0 Å². The maximum Gasteiger partial charge on any atom is 0.326 e. The smallest absolute Gasteiger partial charge is 0.326 e.